The summed E-state index contributed by atoms with van der Waals surface area (Å²) >= 11 is 7.59. The van der Waals surface area contributed by atoms with Gasteiger partial charge in [-0.05, 0) is 49.9 Å². The number of rotatable bonds is 3. The van der Waals surface area contributed by atoms with E-state index in [4.69, 9.17) is 11.6 Å². The Hall–Kier alpha value is -1.56. The average Bonchev–Trinajstić information content (AvgIpc) is 2.96. The zero-order valence-electron chi connectivity index (χ0n) is 13.1. The smallest absolute Gasteiger partial charge is 0.138 e. The number of H-pyrrole nitrogens is 1. The molecule has 1 fully saturated rings. The molecule has 0 atom stereocenters. The first-order valence-electron chi connectivity index (χ1n) is 8.15. The molecule has 0 aromatic carbocycles. The maximum Gasteiger partial charge on any atom is 0.138 e. The fraction of sp³-hybridized carbons (Fsp3) is 0.333. The van der Waals surface area contributed by atoms with E-state index in [0.29, 0.717) is 10.9 Å². The predicted octanol–water partition coefficient (Wildman–Crippen LogP) is 4.78. The maximum absolute atomic E-state index is 9.79. The zero-order chi connectivity index (χ0) is 16.5. The molecule has 0 aliphatic heterocycles. The van der Waals surface area contributed by atoms with Crippen LogP contribution in [0.1, 0.15) is 37.3 Å². The number of aromatic amines is 1. The molecule has 0 amide bonds. The minimum Gasteiger partial charge on any atom is -0.393 e. The highest BCUT2D eigenvalue weighted by atomic mass is 35.5. The number of aliphatic hydroxyl groups excluding tert-OH is 1. The number of aromatic nitrogens is 3. The molecule has 124 valence electrons. The third-order valence-electron chi connectivity index (χ3n) is 4.56. The number of hydrogen-bond acceptors (Lipinski definition) is 4. The summed E-state index contributed by atoms with van der Waals surface area (Å²) in [5.41, 5.74) is 2.13. The van der Waals surface area contributed by atoms with Crippen molar-refractivity contribution in [1.82, 2.24) is 15.0 Å². The van der Waals surface area contributed by atoms with Crippen LogP contribution in [0.5, 0.6) is 0 Å². The molecule has 2 N–H and O–H groups in total. The molecule has 24 heavy (non-hydrogen) atoms. The molecule has 3 aromatic heterocycles. The van der Waals surface area contributed by atoms with Gasteiger partial charge in [0.05, 0.1) is 11.1 Å². The van der Waals surface area contributed by atoms with Crippen LogP contribution >= 0.6 is 23.4 Å². The maximum atomic E-state index is 9.79. The largest absolute Gasteiger partial charge is 0.393 e. The summed E-state index contributed by atoms with van der Waals surface area (Å²) in [5, 5.41) is 12.5. The number of fused-ring (bicyclic) bond motifs is 1. The summed E-state index contributed by atoms with van der Waals surface area (Å²) < 4.78 is 0. The van der Waals surface area contributed by atoms with Crippen LogP contribution in [0, 0.1) is 0 Å². The van der Waals surface area contributed by atoms with Gasteiger partial charge in [-0.3, -0.25) is 0 Å². The number of halogens is 1. The lowest BCUT2D eigenvalue weighted by Gasteiger charge is -2.25. The SMILES string of the molecule is O[C@H]1CC[C@H](c2[nH]c3ncccc3c2Sc2ccc(Cl)cn2)CC1. The molecule has 0 saturated heterocycles. The lowest BCUT2D eigenvalue weighted by Crippen LogP contribution is -2.17. The molecule has 3 aromatic rings. The third kappa shape index (κ3) is 3.16. The van der Waals surface area contributed by atoms with Crippen LogP contribution in [0.25, 0.3) is 11.0 Å². The van der Waals surface area contributed by atoms with Crippen molar-refractivity contribution in [3.63, 3.8) is 0 Å². The van der Waals surface area contributed by atoms with Crippen LogP contribution in [-0.4, -0.2) is 26.2 Å². The summed E-state index contributed by atoms with van der Waals surface area (Å²) in [7, 11) is 0. The number of aliphatic hydroxyl groups is 1. The summed E-state index contributed by atoms with van der Waals surface area (Å²) in [6.45, 7) is 0. The second kappa shape index (κ2) is 6.75. The Bertz CT molecular complexity index is 841. The van der Waals surface area contributed by atoms with Crippen molar-refractivity contribution in [2.24, 2.45) is 0 Å². The van der Waals surface area contributed by atoms with Gasteiger partial charge >= 0.3 is 0 Å². The number of hydrogen-bond donors (Lipinski definition) is 2. The molecule has 1 saturated carbocycles. The number of nitrogens with one attached hydrogen (secondary N) is 1. The van der Waals surface area contributed by atoms with Gasteiger partial charge in [-0.25, -0.2) is 9.97 Å². The molecule has 0 unspecified atom stereocenters. The van der Waals surface area contributed by atoms with Crippen LogP contribution in [0.2, 0.25) is 5.02 Å². The highest BCUT2D eigenvalue weighted by Crippen LogP contribution is 2.42. The van der Waals surface area contributed by atoms with Gasteiger partial charge in [-0.15, -0.1) is 0 Å². The van der Waals surface area contributed by atoms with Gasteiger partial charge in [-0.1, -0.05) is 23.4 Å². The fourth-order valence-electron chi connectivity index (χ4n) is 3.31. The van der Waals surface area contributed by atoms with Gasteiger partial charge < -0.3 is 10.1 Å². The Balaban J connectivity index is 1.74. The summed E-state index contributed by atoms with van der Waals surface area (Å²) in [5.74, 6) is 0.428. The van der Waals surface area contributed by atoms with E-state index in [1.165, 1.54) is 10.6 Å². The summed E-state index contributed by atoms with van der Waals surface area (Å²) in [6.07, 6.45) is 7.03. The van der Waals surface area contributed by atoms with E-state index in [1.54, 1.807) is 18.0 Å². The lowest BCUT2D eigenvalue weighted by molar-refractivity contribution is 0.121. The van der Waals surface area contributed by atoms with Crippen molar-refractivity contribution >= 4 is 34.4 Å². The fourth-order valence-corrected chi connectivity index (χ4v) is 4.47. The average molecular weight is 360 g/mol. The Morgan fingerprint density at radius 1 is 1.12 bits per heavy atom. The highest BCUT2D eigenvalue weighted by molar-refractivity contribution is 7.99. The molecule has 4 rings (SSSR count). The van der Waals surface area contributed by atoms with E-state index in [0.717, 1.165) is 41.7 Å². The van der Waals surface area contributed by atoms with Crippen molar-refractivity contribution in [3.8, 4) is 0 Å². The first-order valence-corrected chi connectivity index (χ1v) is 9.34. The molecular weight excluding hydrogens is 342 g/mol. The first kappa shape index (κ1) is 15.9. The van der Waals surface area contributed by atoms with Gasteiger partial charge in [0.1, 0.15) is 10.7 Å². The minimum atomic E-state index is -0.155. The number of pyridine rings is 2. The third-order valence-corrected chi connectivity index (χ3v) is 5.88. The summed E-state index contributed by atoms with van der Waals surface area (Å²) in [4.78, 5) is 13.6. The molecule has 0 spiro atoms. The Labute approximate surface area is 149 Å². The molecular formula is C18H18ClN3OS. The minimum absolute atomic E-state index is 0.155. The molecule has 3 heterocycles. The van der Waals surface area contributed by atoms with E-state index in [1.807, 2.05) is 24.4 Å². The Kier molecular flexibility index (Phi) is 4.48. The van der Waals surface area contributed by atoms with Crippen LogP contribution in [0.15, 0.2) is 46.6 Å². The normalized spacial score (nSPS) is 21.2. The standard InChI is InChI=1S/C18H18ClN3OS/c19-12-5-8-15(21-10-12)24-17-14-2-1-9-20-18(14)22-16(17)11-3-6-13(23)7-4-11/h1-2,5,8-11,13,23H,3-4,6-7H2,(H,20,22)/t11-,13-. The van der Waals surface area contributed by atoms with E-state index in [-0.39, 0.29) is 6.10 Å². The lowest BCUT2D eigenvalue weighted by atomic mass is 9.85. The van der Waals surface area contributed by atoms with Gasteiger partial charge in [0.15, 0.2) is 0 Å². The van der Waals surface area contributed by atoms with Crippen molar-refractivity contribution in [1.29, 1.82) is 0 Å². The van der Waals surface area contributed by atoms with Crippen molar-refractivity contribution in [2.45, 2.75) is 47.6 Å². The van der Waals surface area contributed by atoms with Crippen LogP contribution < -0.4 is 0 Å². The molecule has 1 aliphatic carbocycles. The van der Waals surface area contributed by atoms with Gasteiger partial charge in [0.2, 0.25) is 0 Å². The van der Waals surface area contributed by atoms with Crippen LogP contribution in [0.4, 0.5) is 0 Å². The molecule has 6 heteroatoms. The zero-order valence-corrected chi connectivity index (χ0v) is 14.6. The van der Waals surface area contributed by atoms with Crippen LogP contribution in [0.3, 0.4) is 0 Å². The van der Waals surface area contributed by atoms with Gasteiger partial charge in [0.25, 0.3) is 0 Å². The molecule has 1 aliphatic rings. The van der Waals surface area contributed by atoms with E-state index in [2.05, 4.69) is 21.0 Å². The topological polar surface area (TPSA) is 61.8 Å². The first-order chi connectivity index (χ1) is 11.7. The van der Waals surface area contributed by atoms with Gasteiger partial charge in [0, 0.05) is 34.3 Å². The van der Waals surface area contributed by atoms with Gasteiger partial charge in [-0.2, -0.15) is 0 Å². The number of nitrogens with zero attached hydrogens (tertiary/aromatic N) is 2. The second-order valence-corrected chi connectivity index (χ2v) is 7.66. The Morgan fingerprint density at radius 3 is 2.71 bits per heavy atom. The van der Waals surface area contributed by atoms with Crippen LogP contribution in [-0.2, 0) is 0 Å². The van der Waals surface area contributed by atoms with E-state index in [9.17, 15) is 5.11 Å². The van der Waals surface area contributed by atoms with Crippen molar-refractivity contribution in [2.75, 3.05) is 0 Å². The Morgan fingerprint density at radius 2 is 1.96 bits per heavy atom. The van der Waals surface area contributed by atoms with E-state index >= 15 is 0 Å². The van der Waals surface area contributed by atoms with Crippen molar-refractivity contribution in [3.05, 3.63) is 47.4 Å². The predicted molar refractivity (Wildman–Crippen MR) is 96.7 cm³/mol. The van der Waals surface area contributed by atoms with Crippen molar-refractivity contribution < 1.29 is 5.11 Å². The second-order valence-electron chi connectivity index (χ2n) is 6.19. The monoisotopic (exact) mass is 359 g/mol. The molecule has 0 bridgehead atoms. The quantitative estimate of drug-likeness (QED) is 0.706. The molecule has 4 nitrogen and oxygen atoms in total. The summed E-state index contributed by atoms with van der Waals surface area (Å²) in [6, 6.07) is 7.86. The molecule has 0 radical (unpaired) electrons. The highest BCUT2D eigenvalue weighted by Gasteiger charge is 2.26. The van der Waals surface area contributed by atoms with E-state index < -0.39 is 0 Å².